The van der Waals surface area contributed by atoms with Crippen molar-refractivity contribution in [3.8, 4) is 16.8 Å². The maximum absolute atomic E-state index is 3.72. The second kappa shape index (κ2) is 6.87. The van der Waals surface area contributed by atoms with Gasteiger partial charge in [-0.1, -0.05) is 72.8 Å². The molecule has 8 aromatic rings. The van der Waals surface area contributed by atoms with Gasteiger partial charge in [-0.2, -0.15) is 0 Å². The first kappa shape index (κ1) is 18.6. The van der Waals surface area contributed by atoms with E-state index in [9.17, 15) is 0 Å². The van der Waals surface area contributed by atoms with Crippen LogP contribution in [0.15, 0.2) is 121 Å². The molecule has 3 nitrogen and oxygen atoms in total. The Balaban J connectivity index is 1.46. The molecule has 0 bridgehead atoms. The van der Waals surface area contributed by atoms with Gasteiger partial charge in [0, 0.05) is 39.1 Å². The number of H-pyrrole nitrogens is 1. The fraction of sp³-hybridized carbons (Fsp3) is 0. The maximum Gasteiger partial charge on any atom is 0.0793 e. The summed E-state index contributed by atoms with van der Waals surface area (Å²) in [5.41, 5.74) is 10.8. The number of benzene rings is 4. The Morgan fingerprint density at radius 2 is 1.20 bits per heavy atom. The van der Waals surface area contributed by atoms with Crippen molar-refractivity contribution in [2.75, 3.05) is 0 Å². The number of nitrogens with zero attached hydrogens (tertiary/aromatic N) is 2. The van der Waals surface area contributed by atoms with E-state index in [0.29, 0.717) is 0 Å². The summed E-state index contributed by atoms with van der Waals surface area (Å²) in [4.78, 5) is 3.72. The van der Waals surface area contributed by atoms with Gasteiger partial charge in [-0.3, -0.25) is 0 Å². The van der Waals surface area contributed by atoms with Crippen molar-refractivity contribution >= 4 is 49.3 Å². The summed E-state index contributed by atoms with van der Waals surface area (Å²) in [6.45, 7) is 0. The minimum Gasteiger partial charge on any atom is -0.353 e. The van der Waals surface area contributed by atoms with Gasteiger partial charge < -0.3 is 14.0 Å². The van der Waals surface area contributed by atoms with Gasteiger partial charge in [0.25, 0.3) is 0 Å². The van der Waals surface area contributed by atoms with Crippen LogP contribution >= 0.6 is 0 Å². The first-order valence-corrected chi connectivity index (χ1v) is 12.0. The predicted octanol–water partition coefficient (Wildman–Crippen LogP) is 8.34. The molecular weight excluding hydrogens is 426 g/mol. The summed E-state index contributed by atoms with van der Waals surface area (Å²) in [5.74, 6) is 0. The lowest BCUT2D eigenvalue weighted by Crippen LogP contribution is -1.94. The Bertz CT molecular complexity index is 2010. The molecule has 0 aliphatic heterocycles. The van der Waals surface area contributed by atoms with Crippen LogP contribution in [-0.4, -0.2) is 14.0 Å². The summed E-state index contributed by atoms with van der Waals surface area (Å²) < 4.78 is 4.70. The summed E-state index contributed by atoms with van der Waals surface area (Å²) >= 11 is 0. The van der Waals surface area contributed by atoms with Crippen molar-refractivity contribution in [1.29, 1.82) is 0 Å². The summed E-state index contributed by atoms with van der Waals surface area (Å²) in [5, 5.41) is 3.80. The average molecular weight is 448 g/mol. The SMILES string of the molecule is c1cc(-c2c3[nH]c4ccccc4c3n3ccccc23)cc(-n2c3ccccc3c3ccccc32)c1. The molecule has 0 atom stereocenters. The molecule has 0 fully saturated rings. The van der Waals surface area contributed by atoms with Crippen molar-refractivity contribution in [3.05, 3.63) is 121 Å². The number of fused-ring (bicyclic) bond motifs is 8. The zero-order valence-electron chi connectivity index (χ0n) is 18.9. The van der Waals surface area contributed by atoms with E-state index < -0.39 is 0 Å². The number of aromatic amines is 1. The minimum absolute atomic E-state index is 1.16. The van der Waals surface area contributed by atoms with Crippen LogP contribution < -0.4 is 0 Å². The molecule has 3 heteroatoms. The summed E-state index contributed by atoms with van der Waals surface area (Å²) in [6.07, 6.45) is 2.16. The van der Waals surface area contributed by atoms with E-state index in [-0.39, 0.29) is 0 Å². The Hall–Kier alpha value is -4.76. The number of hydrogen-bond acceptors (Lipinski definition) is 0. The molecule has 0 aliphatic rings. The monoisotopic (exact) mass is 447 g/mol. The Morgan fingerprint density at radius 3 is 2.00 bits per heavy atom. The third-order valence-electron chi connectivity index (χ3n) is 7.26. The lowest BCUT2D eigenvalue weighted by molar-refractivity contribution is 1.18. The van der Waals surface area contributed by atoms with Gasteiger partial charge in [0.2, 0.25) is 0 Å². The van der Waals surface area contributed by atoms with Crippen LogP contribution in [0.2, 0.25) is 0 Å². The topological polar surface area (TPSA) is 25.1 Å². The maximum atomic E-state index is 3.72. The quantitative estimate of drug-likeness (QED) is 0.275. The van der Waals surface area contributed by atoms with Crippen LogP contribution in [0.25, 0.3) is 66.1 Å². The van der Waals surface area contributed by atoms with Gasteiger partial charge in [0.05, 0.1) is 27.6 Å². The number of nitrogens with one attached hydrogen (secondary N) is 1. The summed E-state index contributed by atoms with van der Waals surface area (Å²) in [7, 11) is 0. The molecule has 4 heterocycles. The lowest BCUT2D eigenvalue weighted by Gasteiger charge is -2.10. The van der Waals surface area contributed by atoms with E-state index in [1.54, 1.807) is 0 Å². The first-order valence-electron chi connectivity index (χ1n) is 12.0. The molecule has 4 aromatic heterocycles. The molecule has 8 rings (SSSR count). The normalized spacial score (nSPS) is 12.0. The molecule has 164 valence electrons. The zero-order valence-corrected chi connectivity index (χ0v) is 18.9. The molecule has 4 aromatic carbocycles. The molecule has 0 saturated carbocycles. The Kier molecular flexibility index (Phi) is 3.66. The van der Waals surface area contributed by atoms with Crippen molar-refractivity contribution in [1.82, 2.24) is 14.0 Å². The molecule has 0 aliphatic carbocycles. The van der Waals surface area contributed by atoms with Gasteiger partial charge in [0.15, 0.2) is 0 Å². The minimum atomic E-state index is 1.16. The van der Waals surface area contributed by atoms with E-state index >= 15 is 0 Å². The van der Waals surface area contributed by atoms with Gasteiger partial charge in [-0.25, -0.2) is 0 Å². The molecule has 35 heavy (non-hydrogen) atoms. The van der Waals surface area contributed by atoms with Crippen molar-refractivity contribution in [2.24, 2.45) is 0 Å². The van der Waals surface area contributed by atoms with Crippen LogP contribution in [0.3, 0.4) is 0 Å². The lowest BCUT2D eigenvalue weighted by atomic mass is 10.0. The predicted molar refractivity (Wildman–Crippen MR) is 147 cm³/mol. The number of rotatable bonds is 2. The molecule has 0 saturated heterocycles. The van der Waals surface area contributed by atoms with Crippen molar-refractivity contribution < 1.29 is 0 Å². The van der Waals surface area contributed by atoms with E-state index in [1.165, 1.54) is 60.6 Å². The van der Waals surface area contributed by atoms with E-state index in [4.69, 9.17) is 0 Å². The third kappa shape index (κ3) is 2.50. The van der Waals surface area contributed by atoms with E-state index in [1.807, 2.05) is 0 Å². The molecule has 0 unspecified atom stereocenters. The van der Waals surface area contributed by atoms with Gasteiger partial charge in [-0.05, 0) is 48.0 Å². The average Bonchev–Trinajstić information content (AvgIpc) is 3.55. The molecule has 0 amide bonds. The standard InChI is InChI=1S/C32H21N3/c1-4-15-26-25(14-1)32-31(33-26)30(29-18-7-8-19-34(29)32)21-10-9-11-22(20-21)35-27-16-5-2-12-23(27)24-13-3-6-17-28(24)35/h1-20,33H. The highest BCUT2D eigenvalue weighted by molar-refractivity contribution is 6.16. The number of aromatic nitrogens is 3. The van der Waals surface area contributed by atoms with Crippen molar-refractivity contribution in [3.63, 3.8) is 0 Å². The Labute approximate surface area is 201 Å². The van der Waals surface area contributed by atoms with Crippen LogP contribution in [0.1, 0.15) is 0 Å². The van der Waals surface area contributed by atoms with Crippen LogP contribution in [0.4, 0.5) is 0 Å². The fourth-order valence-corrected chi connectivity index (χ4v) is 5.82. The first-order chi connectivity index (χ1) is 17.4. The molecule has 0 spiro atoms. The van der Waals surface area contributed by atoms with E-state index in [0.717, 1.165) is 5.52 Å². The van der Waals surface area contributed by atoms with Gasteiger partial charge in [0.1, 0.15) is 0 Å². The molecule has 0 radical (unpaired) electrons. The smallest absolute Gasteiger partial charge is 0.0793 e. The Morgan fingerprint density at radius 1 is 0.543 bits per heavy atom. The summed E-state index contributed by atoms with van der Waals surface area (Å²) in [6, 6.07) is 41.3. The largest absolute Gasteiger partial charge is 0.353 e. The van der Waals surface area contributed by atoms with Crippen LogP contribution in [-0.2, 0) is 0 Å². The van der Waals surface area contributed by atoms with Gasteiger partial charge in [-0.15, -0.1) is 0 Å². The number of pyridine rings is 1. The highest BCUT2D eigenvalue weighted by atomic mass is 15.0. The van der Waals surface area contributed by atoms with E-state index in [2.05, 4.69) is 135 Å². The highest BCUT2D eigenvalue weighted by Crippen LogP contribution is 2.40. The van der Waals surface area contributed by atoms with Crippen LogP contribution in [0.5, 0.6) is 0 Å². The number of hydrogen-bond donors (Lipinski definition) is 1. The highest BCUT2D eigenvalue weighted by Gasteiger charge is 2.19. The van der Waals surface area contributed by atoms with Gasteiger partial charge >= 0.3 is 0 Å². The van der Waals surface area contributed by atoms with Crippen LogP contribution in [0, 0.1) is 0 Å². The second-order valence-electron chi connectivity index (χ2n) is 9.15. The number of para-hydroxylation sites is 3. The third-order valence-corrected chi connectivity index (χ3v) is 7.26. The molecular formula is C32H21N3. The van der Waals surface area contributed by atoms with Crippen molar-refractivity contribution in [2.45, 2.75) is 0 Å². The molecule has 1 N–H and O–H groups in total. The second-order valence-corrected chi connectivity index (χ2v) is 9.15. The fourth-order valence-electron chi connectivity index (χ4n) is 5.82. The zero-order chi connectivity index (χ0) is 22.9.